The predicted molar refractivity (Wildman–Crippen MR) is 71.0 cm³/mol. The lowest BCUT2D eigenvalue weighted by molar-refractivity contribution is 0.0991. The fraction of sp³-hybridized carbons (Fsp3) is 0.0769. The lowest BCUT2D eigenvalue weighted by atomic mass is 10.2. The predicted octanol–water partition coefficient (Wildman–Crippen LogP) is 3.40. The van der Waals surface area contributed by atoms with Crippen LogP contribution in [0.4, 0.5) is 14.5 Å². The van der Waals surface area contributed by atoms with Crippen LogP contribution in [-0.2, 0) is 0 Å². The van der Waals surface area contributed by atoms with E-state index in [4.69, 9.17) is 0 Å². The van der Waals surface area contributed by atoms with Crippen molar-refractivity contribution in [3.8, 4) is 0 Å². The summed E-state index contributed by atoms with van der Waals surface area (Å²) in [5.41, 5.74) is 0.169. The van der Waals surface area contributed by atoms with Crippen molar-refractivity contribution in [2.24, 2.45) is 0 Å². The van der Waals surface area contributed by atoms with Crippen LogP contribution in [0.25, 0.3) is 0 Å². The largest absolute Gasteiger partial charge is 0.309 e. The molecule has 0 bridgehead atoms. The summed E-state index contributed by atoms with van der Waals surface area (Å²) in [5.74, 6) is -1.70. The van der Waals surface area contributed by atoms with Crippen LogP contribution in [0.3, 0.4) is 0 Å². The number of rotatable bonds is 2. The molecule has 19 heavy (non-hydrogen) atoms. The van der Waals surface area contributed by atoms with Crippen LogP contribution < -0.4 is 4.90 Å². The zero-order valence-corrected chi connectivity index (χ0v) is 11.5. The van der Waals surface area contributed by atoms with Crippen molar-refractivity contribution in [1.29, 1.82) is 0 Å². The molecule has 0 fully saturated rings. The Labute approximate surface area is 117 Å². The van der Waals surface area contributed by atoms with E-state index in [0.717, 1.165) is 17.2 Å². The molecule has 0 N–H and O–H groups in total. The van der Waals surface area contributed by atoms with Gasteiger partial charge in [-0.2, -0.15) is 0 Å². The van der Waals surface area contributed by atoms with E-state index in [1.165, 1.54) is 25.4 Å². The zero-order chi connectivity index (χ0) is 14.0. The highest BCUT2D eigenvalue weighted by molar-refractivity contribution is 9.10. The highest BCUT2D eigenvalue weighted by Gasteiger charge is 2.17. The summed E-state index contributed by atoms with van der Waals surface area (Å²) >= 11 is 3.13. The van der Waals surface area contributed by atoms with Crippen molar-refractivity contribution in [1.82, 2.24) is 4.98 Å². The first-order valence-electron chi connectivity index (χ1n) is 5.32. The fourth-order valence-electron chi connectivity index (χ4n) is 1.59. The number of anilines is 1. The van der Waals surface area contributed by atoms with Crippen LogP contribution in [0.1, 0.15) is 10.4 Å². The van der Waals surface area contributed by atoms with Crippen LogP contribution in [0, 0.1) is 11.6 Å². The third-order valence-electron chi connectivity index (χ3n) is 2.53. The Bertz CT molecular complexity index is 634. The van der Waals surface area contributed by atoms with Gasteiger partial charge in [0, 0.05) is 17.7 Å². The van der Waals surface area contributed by atoms with Gasteiger partial charge in [-0.25, -0.2) is 8.78 Å². The van der Waals surface area contributed by atoms with Gasteiger partial charge in [-0.05, 0) is 24.3 Å². The molecule has 3 nitrogen and oxygen atoms in total. The highest BCUT2D eigenvalue weighted by Crippen LogP contribution is 2.23. The molecule has 0 saturated carbocycles. The number of amides is 1. The Balaban J connectivity index is 2.33. The molecule has 0 aliphatic rings. The van der Waals surface area contributed by atoms with E-state index in [2.05, 4.69) is 20.9 Å². The van der Waals surface area contributed by atoms with Gasteiger partial charge in [0.1, 0.15) is 11.6 Å². The second kappa shape index (κ2) is 5.44. The van der Waals surface area contributed by atoms with Gasteiger partial charge < -0.3 is 4.90 Å². The molecule has 1 aromatic carbocycles. The molecule has 98 valence electrons. The lowest BCUT2D eigenvalue weighted by Crippen LogP contribution is -2.27. The van der Waals surface area contributed by atoms with Crippen molar-refractivity contribution >= 4 is 27.5 Å². The third-order valence-corrected chi connectivity index (χ3v) is 3.02. The number of hydrogen-bond donors (Lipinski definition) is 0. The standard InChI is InChI=1S/C13H9BrF2N2O/c1-18(12-3-2-9(14)5-11(12)16)13(19)8-4-10(15)7-17-6-8/h2-7H,1H3. The highest BCUT2D eigenvalue weighted by atomic mass is 79.9. The van der Waals surface area contributed by atoms with E-state index in [1.807, 2.05) is 0 Å². The quantitative estimate of drug-likeness (QED) is 0.847. The van der Waals surface area contributed by atoms with Crippen molar-refractivity contribution in [2.45, 2.75) is 0 Å². The molecule has 0 unspecified atom stereocenters. The molecule has 1 aromatic heterocycles. The minimum absolute atomic E-state index is 0.0600. The summed E-state index contributed by atoms with van der Waals surface area (Å²) in [5, 5.41) is 0. The summed E-state index contributed by atoms with van der Waals surface area (Å²) in [4.78, 5) is 16.8. The number of pyridine rings is 1. The summed E-state index contributed by atoms with van der Waals surface area (Å²) in [6.07, 6.45) is 2.23. The minimum Gasteiger partial charge on any atom is -0.309 e. The molecule has 1 amide bonds. The van der Waals surface area contributed by atoms with Gasteiger partial charge >= 0.3 is 0 Å². The van der Waals surface area contributed by atoms with E-state index in [0.29, 0.717) is 4.47 Å². The average Bonchev–Trinajstić information content (AvgIpc) is 2.37. The van der Waals surface area contributed by atoms with Crippen LogP contribution in [0.5, 0.6) is 0 Å². The minimum atomic E-state index is -0.615. The van der Waals surface area contributed by atoms with Crippen LogP contribution in [0.15, 0.2) is 41.1 Å². The molecule has 6 heteroatoms. The summed E-state index contributed by atoms with van der Waals surface area (Å²) in [7, 11) is 1.42. The third kappa shape index (κ3) is 2.96. The van der Waals surface area contributed by atoms with E-state index < -0.39 is 17.5 Å². The number of nitrogens with zero attached hydrogens (tertiary/aromatic N) is 2. The van der Waals surface area contributed by atoms with Crippen molar-refractivity contribution in [3.63, 3.8) is 0 Å². The first-order valence-corrected chi connectivity index (χ1v) is 6.12. The molecular weight excluding hydrogens is 318 g/mol. The Morgan fingerprint density at radius 3 is 2.63 bits per heavy atom. The van der Waals surface area contributed by atoms with Gasteiger partial charge in [0.05, 0.1) is 17.4 Å². The second-order valence-corrected chi connectivity index (χ2v) is 4.77. The molecule has 0 radical (unpaired) electrons. The number of carbonyl (C=O) groups is 1. The zero-order valence-electron chi connectivity index (χ0n) is 9.90. The monoisotopic (exact) mass is 326 g/mol. The van der Waals surface area contributed by atoms with E-state index in [1.54, 1.807) is 6.07 Å². The van der Waals surface area contributed by atoms with Gasteiger partial charge in [-0.3, -0.25) is 9.78 Å². The average molecular weight is 327 g/mol. The first kappa shape index (κ1) is 13.6. The topological polar surface area (TPSA) is 33.2 Å². The van der Waals surface area contributed by atoms with Gasteiger partial charge in [0.15, 0.2) is 0 Å². The maximum atomic E-state index is 13.7. The molecule has 1 heterocycles. The SMILES string of the molecule is CN(C(=O)c1cncc(F)c1)c1ccc(Br)cc1F. The molecule has 0 atom stereocenters. The van der Waals surface area contributed by atoms with Gasteiger partial charge in [0.25, 0.3) is 5.91 Å². The smallest absolute Gasteiger partial charge is 0.259 e. The van der Waals surface area contributed by atoms with Crippen LogP contribution >= 0.6 is 15.9 Å². The van der Waals surface area contributed by atoms with Gasteiger partial charge in [0.2, 0.25) is 0 Å². The molecular formula is C13H9BrF2N2O. The Hall–Kier alpha value is -1.82. The number of halogens is 3. The normalized spacial score (nSPS) is 10.3. The Morgan fingerprint density at radius 1 is 1.26 bits per heavy atom. The first-order chi connectivity index (χ1) is 8.99. The molecule has 2 aromatic rings. The van der Waals surface area contributed by atoms with Gasteiger partial charge in [-0.15, -0.1) is 0 Å². The summed E-state index contributed by atoms with van der Waals surface area (Å²) in [6.45, 7) is 0. The van der Waals surface area contributed by atoms with Crippen LogP contribution in [-0.4, -0.2) is 17.9 Å². The Morgan fingerprint density at radius 2 is 2.00 bits per heavy atom. The van der Waals surface area contributed by atoms with Crippen LogP contribution in [0.2, 0.25) is 0 Å². The number of carbonyl (C=O) groups excluding carboxylic acids is 1. The molecule has 0 aliphatic heterocycles. The Kier molecular flexibility index (Phi) is 3.90. The van der Waals surface area contributed by atoms with E-state index >= 15 is 0 Å². The second-order valence-electron chi connectivity index (χ2n) is 3.85. The summed E-state index contributed by atoms with van der Waals surface area (Å²) < 4.78 is 27.3. The van der Waals surface area contributed by atoms with Crippen molar-refractivity contribution in [3.05, 3.63) is 58.3 Å². The van der Waals surface area contributed by atoms with E-state index in [9.17, 15) is 13.6 Å². The molecule has 0 spiro atoms. The van der Waals surface area contributed by atoms with Crippen molar-refractivity contribution < 1.29 is 13.6 Å². The van der Waals surface area contributed by atoms with Crippen molar-refractivity contribution in [2.75, 3.05) is 11.9 Å². The maximum Gasteiger partial charge on any atom is 0.259 e. The number of hydrogen-bond acceptors (Lipinski definition) is 2. The molecule has 2 rings (SSSR count). The van der Waals surface area contributed by atoms with Gasteiger partial charge in [-0.1, -0.05) is 15.9 Å². The number of aromatic nitrogens is 1. The molecule has 0 saturated heterocycles. The lowest BCUT2D eigenvalue weighted by Gasteiger charge is -2.18. The molecule has 0 aliphatic carbocycles. The fourth-order valence-corrected chi connectivity index (χ4v) is 1.92. The maximum absolute atomic E-state index is 13.7. The van der Waals surface area contributed by atoms with E-state index in [-0.39, 0.29) is 11.3 Å². The number of benzene rings is 1. The summed E-state index contributed by atoms with van der Waals surface area (Å²) in [6, 6.07) is 5.39.